The van der Waals surface area contributed by atoms with Gasteiger partial charge in [-0.15, -0.1) is 11.3 Å². The summed E-state index contributed by atoms with van der Waals surface area (Å²) in [7, 11) is 0. The van der Waals surface area contributed by atoms with E-state index in [4.69, 9.17) is 5.11 Å². The van der Waals surface area contributed by atoms with Crippen LogP contribution in [0.2, 0.25) is 0 Å². The largest absolute Gasteiger partial charge is 0.465 e. The van der Waals surface area contributed by atoms with Crippen molar-refractivity contribution in [2.24, 2.45) is 0 Å². The Labute approximate surface area is 114 Å². The van der Waals surface area contributed by atoms with Crippen LogP contribution in [0.15, 0.2) is 29.8 Å². The fourth-order valence-electron chi connectivity index (χ4n) is 1.81. The van der Waals surface area contributed by atoms with Crippen molar-refractivity contribution >= 4 is 17.4 Å². The van der Waals surface area contributed by atoms with Crippen LogP contribution in [-0.4, -0.2) is 21.3 Å². The minimum Gasteiger partial charge on any atom is -0.465 e. The van der Waals surface area contributed by atoms with E-state index in [0.29, 0.717) is 5.69 Å². The molecule has 0 saturated heterocycles. The average molecular weight is 278 g/mol. The van der Waals surface area contributed by atoms with Crippen molar-refractivity contribution in [1.29, 1.82) is 0 Å². The summed E-state index contributed by atoms with van der Waals surface area (Å²) in [6, 6.07) is 7.29. The minimum absolute atomic E-state index is 0.0858. The lowest BCUT2D eigenvalue weighted by molar-refractivity contribution is 0.191. The molecule has 0 fully saturated rings. The molecule has 0 spiro atoms. The predicted molar refractivity (Wildman–Crippen MR) is 73.0 cm³/mol. The van der Waals surface area contributed by atoms with Crippen molar-refractivity contribution in [2.75, 3.05) is 0 Å². The van der Waals surface area contributed by atoms with Crippen LogP contribution in [0.1, 0.15) is 24.2 Å². The Hall–Kier alpha value is -1.92. The predicted octanol–water partition coefficient (Wildman–Crippen LogP) is 2.63. The molecule has 0 saturated carbocycles. The molecule has 1 atom stereocenters. The molecule has 6 heteroatoms. The molecule has 0 aliphatic carbocycles. The van der Waals surface area contributed by atoms with Crippen molar-refractivity contribution in [1.82, 2.24) is 10.3 Å². The van der Waals surface area contributed by atoms with Crippen LogP contribution >= 0.6 is 11.3 Å². The highest BCUT2D eigenvalue weighted by atomic mass is 32.1. The van der Waals surface area contributed by atoms with Gasteiger partial charge in [-0.1, -0.05) is 24.3 Å². The molecule has 0 aliphatic rings. The van der Waals surface area contributed by atoms with Crippen LogP contribution in [-0.2, 0) is 6.61 Å². The molecule has 3 N–H and O–H groups in total. The lowest BCUT2D eigenvalue weighted by Crippen LogP contribution is -2.24. The average Bonchev–Trinajstić information content (AvgIpc) is 2.86. The van der Waals surface area contributed by atoms with Crippen molar-refractivity contribution in [3.8, 4) is 10.4 Å². The third kappa shape index (κ3) is 3.10. The Morgan fingerprint density at radius 2 is 2.11 bits per heavy atom. The number of hydrogen-bond acceptors (Lipinski definition) is 4. The Morgan fingerprint density at radius 1 is 1.42 bits per heavy atom. The highest BCUT2D eigenvalue weighted by Crippen LogP contribution is 2.28. The molecule has 1 aromatic carbocycles. The van der Waals surface area contributed by atoms with Crippen LogP contribution in [0.3, 0.4) is 0 Å². The first kappa shape index (κ1) is 13.5. The van der Waals surface area contributed by atoms with E-state index in [0.717, 1.165) is 16.0 Å². The van der Waals surface area contributed by atoms with Gasteiger partial charge in [0, 0.05) is 0 Å². The molecule has 100 valence electrons. The van der Waals surface area contributed by atoms with E-state index in [2.05, 4.69) is 10.3 Å². The van der Waals surface area contributed by atoms with E-state index >= 15 is 0 Å². The van der Waals surface area contributed by atoms with Gasteiger partial charge in [0.05, 0.1) is 28.7 Å². The molecule has 19 heavy (non-hydrogen) atoms. The van der Waals surface area contributed by atoms with Gasteiger partial charge in [-0.3, -0.25) is 0 Å². The van der Waals surface area contributed by atoms with Crippen molar-refractivity contribution in [3.63, 3.8) is 0 Å². The van der Waals surface area contributed by atoms with E-state index in [1.165, 1.54) is 11.3 Å². The van der Waals surface area contributed by atoms with E-state index in [-0.39, 0.29) is 12.6 Å². The number of nitrogens with zero attached hydrogens (tertiary/aromatic N) is 1. The molecule has 2 aromatic rings. The Balaban J connectivity index is 2.21. The van der Waals surface area contributed by atoms with Crippen LogP contribution in [0, 0.1) is 0 Å². The zero-order valence-electron chi connectivity index (χ0n) is 10.3. The van der Waals surface area contributed by atoms with Gasteiger partial charge in [0.2, 0.25) is 0 Å². The summed E-state index contributed by atoms with van der Waals surface area (Å²) in [5.41, 5.74) is 4.22. The van der Waals surface area contributed by atoms with E-state index in [1.54, 1.807) is 12.4 Å². The Bertz CT molecular complexity index is 566. The summed E-state index contributed by atoms with van der Waals surface area (Å²) in [4.78, 5) is 15.6. The molecule has 0 radical (unpaired) electrons. The fourth-order valence-corrected chi connectivity index (χ4v) is 2.62. The maximum Gasteiger partial charge on any atom is 0.405 e. The zero-order valence-corrected chi connectivity index (χ0v) is 11.1. The van der Waals surface area contributed by atoms with Gasteiger partial charge < -0.3 is 15.5 Å². The first-order valence-electron chi connectivity index (χ1n) is 5.75. The summed E-state index contributed by atoms with van der Waals surface area (Å²) in [6.07, 6.45) is -1.04. The van der Waals surface area contributed by atoms with Gasteiger partial charge in [0.15, 0.2) is 0 Å². The van der Waals surface area contributed by atoms with Gasteiger partial charge in [-0.05, 0) is 18.1 Å². The van der Waals surface area contributed by atoms with Crippen LogP contribution in [0.25, 0.3) is 10.4 Å². The number of aromatic nitrogens is 1. The number of amides is 1. The number of nitrogens with one attached hydrogen (secondary N) is 1. The van der Waals surface area contributed by atoms with Gasteiger partial charge in [0.25, 0.3) is 0 Å². The molecular weight excluding hydrogens is 264 g/mol. The topological polar surface area (TPSA) is 82.5 Å². The monoisotopic (exact) mass is 278 g/mol. The normalized spacial score (nSPS) is 12.1. The third-order valence-corrected chi connectivity index (χ3v) is 3.72. The first-order chi connectivity index (χ1) is 9.11. The fraction of sp³-hybridized carbons (Fsp3) is 0.231. The molecule has 1 amide bonds. The van der Waals surface area contributed by atoms with Crippen LogP contribution in [0.4, 0.5) is 4.79 Å². The Kier molecular flexibility index (Phi) is 4.13. The molecule has 2 rings (SSSR count). The molecule has 5 nitrogen and oxygen atoms in total. The van der Waals surface area contributed by atoms with E-state index in [1.807, 2.05) is 24.3 Å². The second-order valence-corrected chi connectivity index (χ2v) is 4.93. The quantitative estimate of drug-likeness (QED) is 0.803. The molecular formula is C13H14N2O3S. The van der Waals surface area contributed by atoms with E-state index in [9.17, 15) is 9.90 Å². The summed E-state index contributed by atoms with van der Waals surface area (Å²) in [5, 5.41) is 20.3. The SMILES string of the molecule is C[C@H](NC(=O)O)c1ccc(-c2scnc2CO)cc1. The number of aliphatic hydroxyl groups excluding tert-OH is 1. The number of aliphatic hydroxyl groups is 1. The molecule has 1 aromatic heterocycles. The molecule has 0 bridgehead atoms. The maximum absolute atomic E-state index is 10.6. The smallest absolute Gasteiger partial charge is 0.405 e. The molecule has 0 unspecified atom stereocenters. The number of carboxylic acid groups (broad SMARTS) is 1. The van der Waals surface area contributed by atoms with Gasteiger partial charge in [-0.25, -0.2) is 9.78 Å². The van der Waals surface area contributed by atoms with Gasteiger partial charge >= 0.3 is 6.09 Å². The van der Waals surface area contributed by atoms with Crippen molar-refractivity contribution in [3.05, 3.63) is 41.0 Å². The summed E-state index contributed by atoms with van der Waals surface area (Å²) < 4.78 is 0. The van der Waals surface area contributed by atoms with Crippen LogP contribution in [0.5, 0.6) is 0 Å². The maximum atomic E-state index is 10.6. The molecule has 0 aliphatic heterocycles. The lowest BCUT2D eigenvalue weighted by Gasteiger charge is -2.12. The lowest BCUT2D eigenvalue weighted by atomic mass is 10.0. The van der Waals surface area contributed by atoms with Crippen LogP contribution < -0.4 is 5.32 Å². The second-order valence-electron chi connectivity index (χ2n) is 4.08. The van der Waals surface area contributed by atoms with Crippen molar-refractivity contribution < 1.29 is 15.0 Å². The summed E-state index contributed by atoms with van der Waals surface area (Å²) in [6.45, 7) is 1.70. The summed E-state index contributed by atoms with van der Waals surface area (Å²) >= 11 is 1.47. The van der Waals surface area contributed by atoms with Gasteiger partial charge in [-0.2, -0.15) is 0 Å². The standard InChI is InChI=1S/C13H14N2O3S/c1-8(15-13(17)18)9-2-4-10(5-3-9)12-11(6-16)14-7-19-12/h2-5,7-8,15-16H,6H2,1H3,(H,17,18)/t8-/m0/s1. The summed E-state index contributed by atoms with van der Waals surface area (Å²) in [5.74, 6) is 0. The third-order valence-electron chi connectivity index (χ3n) is 2.80. The van der Waals surface area contributed by atoms with Crippen molar-refractivity contribution in [2.45, 2.75) is 19.6 Å². The number of carbonyl (C=O) groups is 1. The second kappa shape index (κ2) is 5.81. The minimum atomic E-state index is -1.04. The number of hydrogen-bond donors (Lipinski definition) is 3. The Morgan fingerprint density at radius 3 is 2.68 bits per heavy atom. The van der Waals surface area contributed by atoms with Gasteiger partial charge in [0.1, 0.15) is 0 Å². The highest BCUT2D eigenvalue weighted by molar-refractivity contribution is 7.13. The first-order valence-corrected chi connectivity index (χ1v) is 6.62. The number of benzene rings is 1. The molecule has 1 heterocycles. The number of thiazole rings is 1. The zero-order chi connectivity index (χ0) is 13.8. The van der Waals surface area contributed by atoms with E-state index < -0.39 is 6.09 Å². The number of rotatable bonds is 4. The highest BCUT2D eigenvalue weighted by Gasteiger charge is 2.10.